The van der Waals surface area contributed by atoms with Gasteiger partial charge in [-0.05, 0) is 79.3 Å². The van der Waals surface area contributed by atoms with Gasteiger partial charge in [0.2, 0.25) is 5.91 Å². The minimum Gasteiger partial charge on any atom is -0.331 e. The normalized spacial score (nSPS) is 10.4. The van der Waals surface area contributed by atoms with Crippen LogP contribution < -0.4 is 21.5 Å². The van der Waals surface area contributed by atoms with Gasteiger partial charge in [0.1, 0.15) is 0 Å². The van der Waals surface area contributed by atoms with E-state index in [0.29, 0.717) is 33.4 Å². The molecule has 2 aromatic carbocycles. The lowest BCUT2D eigenvalue weighted by atomic mass is 10.1. The van der Waals surface area contributed by atoms with Crippen LogP contribution in [0.4, 0.5) is 11.4 Å². The van der Waals surface area contributed by atoms with E-state index in [1.54, 1.807) is 53.8 Å². The summed E-state index contributed by atoms with van der Waals surface area (Å²) >= 11 is 18.8. The van der Waals surface area contributed by atoms with Crippen molar-refractivity contribution in [2.45, 2.75) is 25.7 Å². The summed E-state index contributed by atoms with van der Waals surface area (Å²) in [5.41, 5.74) is 6.70. The summed E-state index contributed by atoms with van der Waals surface area (Å²) in [6, 6.07) is 15.8. The van der Waals surface area contributed by atoms with Gasteiger partial charge in [0, 0.05) is 28.2 Å². The highest BCUT2D eigenvalue weighted by atomic mass is 35.5. The second kappa shape index (κ2) is 12.6. The van der Waals surface area contributed by atoms with Crippen LogP contribution in [0, 0.1) is 0 Å². The number of thiophene rings is 1. The molecule has 10 heteroatoms. The van der Waals surface area contributed by atoms with Crippen molar-refractivity contribution in [3.05, 3.63) is 80.5 Å². The van der Waals surface area contributed by atoms with Crippen LogP contribution in [0.2, 0.25) is 10.0 Å². The van der Waals surface area contributed by atoms with Gasteiger partial charge in [-0.1, -0.05) is 35.3 Å². The van der Waals surface area contributed by atoms with Gasteiger partial charge in [-0.15, -0.1) is 11.3 Å². The SMILES string of the molecule is O=C(CCCCc1cccs1)Nc1cccc(C(=O)NNC(=S)Nc2ccc(Cl)c(Cl)c2)c1. The summed E-state index contributed by atoms with van der Waals surface area (Å²) in [5, 5.41) is 8.78. The van der Waals surface area contributed by atoms with E-state index in [0.717, 1.165) is 19.3 Å². The third-order valence-corrected chi connectivity index (χ3v) is 6.41. The summed E-state index contributed by atoms with van der Waals surface area (Å²) < 4.78 is 0. The van der Waals surface area contributed by atoms with E-state index in [1.807, 2.05) is 6.07 Å². The Morgan fingerprint density at radius 3 is 2.45 bits per heavy atom. The number of rotatable bonds is 8. The van der Waals surface area contributed by atoms with Crippen molar-refractivity contribution < 1.29 is 9.59 Å². The van der Waals surface area contributed by atoms with Gasteiger partial charge in [0.05, 0.1) is 10.0 Å². The molecule has 33 heavy (non-hydrogen) atoms. The van der Waals surface area contributed by atoms with Crippen LogP contribution in [0.1, 0.15) is 34.5 Å². The quantitative estimate of drug-likeness (QED) is 0.165. The number of nitrogens with one attached hydrogen (secondary N) is 4. The van der Waals surface area contributed by atoms with Crippen molar-refractivity contribution in [3.63, 3.8) is 0 Å². The third-order valence-electron chi connectivity index (χ3n) is 4.53. The number of anilines is 2. The Balaban J connectivity index is 1.42. The molecule has 2 amide bonds. The fourth-order valence-electron chi connectivity index (χ4n) is 2.92. The number of hydrogen-bond donors (Lipinski definition) is 4. The van der Waals surface area contributed by atoms with E-state index in [9.17, 15) is 9.59 Å². The van der Waals surface area contributed by atoms with Crippen LogP contribution in [-0.4, -0.2) is 16.9 Å². The molecule has 1 heterocycles. The molecule has 0 radical (unpaired) electrons. The van der Waals surface area contributed by atoms with Gasteiger partial charge < -0.3 is 10.6 Å². The van der Waals surface area contributed by atoms with Gasteiger partial charge in [0.25, 0.3) is 5.91 Å². The molecule has 172 valence electrons. The van der Waals surface area contributed by atoms with Gasteiger partial charge >= 0.3 is 0 Å². The number of thiocarbonyl (C=S) groups is 1. The highest BCUT2D eigenvalue weighted by Gasteiger charge is 2.09. The van der Waals surface area contributed by atoms with Crippen LogP contribution in [0.3, 0.4) is 0 Å². The Kier molecular flexibility index (Phi) is 9.50. The van der Waals surface area contributed by atoms with Crippen LogP contribution >= 0.6 is 46.8 Å². The highest BCUT2D eigenvalue weighted by Crippen LogP contribution is 2.24. The lowest BCUT2D eigenvalue weighted by Crippen LogP contribution is -2.43. The summed E-state index contributed by atoms with van der Waals surface area (Å²) in [4.78, 5) is 26.0. The number of benzene rings is 2. The van der Waals surface area contributed by atoms with Crippen molar-refractivity contribution in [2.24, 2.45) is 0 Å². The molecule has 0 saturated heterocycles. The average molecular weight is 521 g/mol. The number of unbranched alkanes of at least 4 members (excludes halogenated alkanes) is 1. The third kappa shape index (κ3) is 8.33. The van der Waals surface area contributed by atoms with Crippen LogP contribution in [0.15, 0.2) is 60.0 Å². The Labute approximate surface area is 211 Å². The van der Waals surface area contributed by atoms with E-state index < -0.39 is 5.91 Å². The van der Waals surface area contributed by atoms with Gasteiger partial charge in [-0.25, -0.2) is 0 Å². The predicted octanol–water partition coefficient (Wildman–Crippen LogP) is 6.04. The summed E-state index contributed by atoms with van der Waals surface area (Å²) in [7, 11) is 0. The first kappa shape index (κ1) is 25.0. The number of amides is 2. The highest BCUT2D eigenvalue weighted by molar-refractivity contribution is 7.80. The Hall–Kier alpha value is -2.65. The minimum absolute atomic E-state index is 0.0798. The van der Waals surface area contributed by atoms with Crippen LogP contribution in [0.5, 0.6) is 0 Å². The summed E-state index contributed by atoms with van der Waals surface area (Å²) in [6.45, 7) is 0. The molecule has 4 N–H and O–H groups in total. The second-order valence-corrected chi connectivity index (χ2v) is 9.33. The minimum atomic E-state index is -0.402. The lowest BCUT2D eigenvalue weighted by Gasteiger charge is -2.13. The van der Waals surface area contributed by atoms with Crippen LogP contribution in [0.25, 0.3) is 0 Å². The monoisotopic (exact) mass is 520 g/mol. The molecule has 0 aliphatic rings. The molecule has 1 aromatic heterocycles. The zero-order chi connectivity index (χ0) is 23.6. The molecule has 0 aliphatic carbocycles. The molecule has 0 fully saturated rings. The van der Waals surface area contributed by atoms with Crippen molar-refractivity contribution in [1.29, 1.82) is 0 Å². The molecule has 0 aliphatic heterocycles. The molecular weight excluding hydrogens is 499 g/mol. The van der Waals surface area contributed by atoms with Crippen molar-refractivity contribution in [3.8, 4) is 0 Å². The van der Waals surface area contributed by atoms with Gasteiger partial charge in [-0.3, -0.25) is 20.4 Å². The van der Waals surface area contributed by atoms with Crippen molar-refractivity contribution in [2.75, 3.05) is 10.6 Å². The zero-order valence-electron chi connectivity index (χ0n) is 17.5. The largest absolute Gasteiger partial charge is 0.331 e. The zero-order valence-corrected chi connectivity index (χ0v) is 20.6. The maximum atomic E-state index is 12.5. The summed E-state index contributed by atoms with van der Waals surface area (Å²) in [5.74, 6) is -0.482. The maximum absolute atomic E-state index is 12.5. The first-order valence-corrected chi connectivity index (χ1v) is 12.2. The molecular formula is C23H22Cl2N4O2S2. The molecule has 0 spiro atoms. The number of halogens is 2. The second-order valence-electron chi connectivity index (χ2n) is 7.08. The first-order valence-electron chi connectivity index (χ1n) is 10.2. The van der Waals surface area contributed by atoms with Crippen LogP contribution in [-0.2, 0) is 11.2 Å². The average Bonchev–Trinajstić information content (AvgIpc) is 3.31. The molecule has 0 atom stereocenters. The molecule has 3 rings (SSSR count). The number of carbonyl (C=O) groups excluding carboxylic acids is 2. The number of carbonyl (C=O) groups is 2. The van der Waals surface area contributed by atoms with E-state index in [1.165, 1.54) is 4.88 Å². The van der Waals surface area contributed by atoms with E-state index in [-0.39, 0.29) is 11.0 Å². The smallest absolute Gasteiger partial charge is 0.269 e. The Morgan fingerprint density at radius 2 is 1.70 bits per heavy atom. The Morgan fingerprint density at radius 1 is 0.879 bits per heavy atom. The fourth-order valence-corrected chi connectivity index (χ4v) is 4.14. The number of hydrogen-bond acceptors (Lipinski definition) is 4. The van der Waals surface area contributed by atoms with Crippen molar-refractivity contribution in [1.82, 2.24) is 10.9 Å². The maximum Gasteiger partial charge on any atom is 0.269 e. The van der Waals surface area contributed by atoms with E-state index in [2.05, 4.69) is 32.9 Å². The Bertz CT molecular complexity index is 1120. The fraction of sp³-hybridized carbons (Fsp3) is 0.174. The molecule has 0 bridgehead atoms. The number of aryl methyl sites for hydroxylation is 1. The predicted molar refractivity (Wildman–Crippen MR) is 140 cm³/mol. The van der Waals surface area contributed by atoms with Gasteiger partial charge in [-0.2, -0.15) is 0 Å². The topological polar surface area (TPSA) is 82.3 Å². The van der Waals surface area contributed by atoms with E-state index >= 15 is 0 Å². The van der Waals surface area contributed by atoms with Crippen molar-refractivity contribution >= 4 is 75.1 Å². The molecule has 0 unspecified atom stereocenters. The van der Waals surface area contributed by atoms with E-state index in [4.69, 9.17) is 35.4 Å². The molecule has 0 saturated carbocycles. The molecule has 6 nitrogen and oxygen atoms in total. The van der Waals surface area contributed by atoms with Gasteiger partial charge in [0.15, 0.2) is 5.11 Å². The first-order chi connectivity index (χ1) is 15.9. The lowest BCUT2D eigenvalue weighted by molar-refractivity contribution is -0.116. The summed E-state index contributed by atoms with van der Waals surface area (Å²) in [6.07, 6.45) is 3.17. The standard InChI is InChI=1S/C23H22Cl2N4O2S2/c24-19-11-10-17(14-20(19)25)27-23(32)29-28-22(31)15-5-3-6-16(13-15)26-21(30)9-2-1-7-18-8-4-12-33-18/h3-6,8,10-14H,1-2,7,9H2,(H,26,30)(H,28,31)(H2,27,29,32). The molecule has 3 aromatic rings. The number of hydrazine groups is 1.